The molecule has 1 aromatic rings. The summed E-state index contributed by atoms with van der Waals surface area (Å²) in [7, 11) is 0. The van der Waals surface area contributed by atoms with Gasteiger partial charge in [0.15, 0.2) is 0 Å². The molecule has 0 radical (unpaired) electrons. The van der Waals surface area contributed by atoms with E-state index in [1.165, 1.54) is 12.1 Å². The van der Waals surface area contributed by atoms with E-state index < -0.39 is 11.9 Å². The fourth-order valence-electron chi connectivity index (χ4n) is 2.97. The average Bonchev–Trinajstić information content (AvgIpc) is 2.79. The molecular formula is C16H20FNO3. The van der Waals surface area contributed by atoms with Crippen LogP contribution in [0.5, 0.6) is 0 Å². The van der Waals surface area contributed by atoms with Gasteiger partial charge in [0.25, 0.3) is 0 Å². The summed E-state index contributed by atoms with van der Waals surface area (Å²) in [5, 5.41) is 9.11. The monoisotopic (exact) mass is 293 g/mol. The Hall–Kier alpha value is -1.91. The highest BCUT2D eigenvalue weighted by Gasteiger charge is 2.39. The van der Waals surface area contributed by atoms with Gasteiger partial charge >= 0.3 is 5.97 Å². The minimum absolute atomic E-state index is 0.0597. The maximum absolute atomic E-state index is 13.2. The van der Waals surface area contributed by atoms with Gasteiger partial charge in [0.05, 0.1) is 5.92 Å². The van der Waals surface area contributed by atoms with Crippen molar-refractivity contribution in [3.8, 4) is 0 Å². The third kappa shape index (κ3) is 3.40. The fourth-order valence-corrected chi connectivity index (χ4v) is 2.97. The Kier molecular flexibility index (Phi) is 4.60. The SMILES string of the molecule is CC(Cc1cccc(F)c1)C(=O)N1CCC(C(=O)O)C1C. The zero-order chi connectivity index (χ0) is 15.6. The number of carbonyl (C=O) groups excluding carboxylic acids is 1. The zero-order valence-corrected chi connectivity index (χ0v) is 12.3. The van der Waals surface area contributed by atoms with Crippen molar-refractivity contribution in [3.05, 3.63) is 35.6 Å². The van der Waals surface area contributed by atoms with Crippen molar-refractivity contribution >= 4 is 11.9 Å². The summed E-state index contributed by atoms with van der Waals surface area (Å²) in [5.41, 5.74) is 0.775. The molecule has 21 heavy (non-hydrogen) atoms. The van der Waals surface area contributed by atoms with Gasteiger partial charge in [0, 0.05) is 18.5 Å². The van der Waals surface area contributed by atoms with Crippen LogP contribution in [0.1, 0.15) is 25.8 Å². The number of rotatable bonds is 4. The van der Waals surface area contributed by atoms with E-state index in [4.69, 9.17) is 5.11 Å². The number of hydrogen-bond donors (Lipinski definition) is 1. The molecule has 0 aromatic heterocycles. The van der Waals surface area contributed by atoms with Crippen LogP contribution in [0.2, 0.25) is 0 Å². The Morgan fingerprint density at radius 2 is 2.19 bits per heavy atom. The quantitative estimate of drug-likeness (QED) is 0.927. The van der Waals surface area contributed by atoms with E-state index in [1.807, 2.05) is 0 Å². The lowest BCUT2D eigenvalue weighted by Gasteiger charge is -2.26. The van der Waals surface area contributed by atoms with Crippen molar-refractivity contribution in [1.29, 1.82) is 0 Å². The van der Waals surface area contributed by atoms with E-state index in [0.29, 0.717) is 19.4 Å². The number of hydrogen-bond acceptors (Lipinski definition) is 2. The number of nitrogens with zero attached hydrogens (tertiary/aromatic N) is 1. The van der Waals surface area contributed by atoms with Gasteiger partial charge in [-0.3, -0.25) is 9.59 Å². The lowest BCUT2D eigenvalue weighted by atomic mass is 9.98. The molecule has 3 unspecified atom stereocenters. The summed E-state index contributed by atoms with van der Waals surface area (Å²) in [6, 6.07) is 5.93. The van der Waals surface area contributed by atoms with Crippen LogP contribution >= 0.6 is 0 Å². The Morgan fingerprint density at radius 1 is 1.48 bits per heavy atom. The summed E-state index contributed by atoms with van der Waals surface area (Å²) in [6.45, 7) is 4.05. The summed E-state index contributed by atoms with van der Waals surface area (Å²) >= 11 is 0. The highest BCUT2D eigenvalue weighted by Crippen LogP contribution is 2.26. The number of carboxylic acids is 1. The third-order valence-electron chi connectivity index (χ3n) is 4.21. The van der Waals surface area contributed by atoms with Crippen molar-refractivity contribution < 1.29 is 19.1 Å². The maximum Gasteiger partial charge on any atom is 0.308 e. The van der Waals surface area contributed by atoms with Crippen LogP contribution in [0.4, 0.5) is 4.39 Å². The number of benzene rings is 1. The van der Waals surface area contributed by atoms with Gasteiger partial charge in [-0.15, -0.1) is 0 Å². The summed E-state index contributed by atoms with van der Waals surface area (Å²) in [5.74, 6) is -2.00. The standard InChI is InChI=1S/C16H20FNO3/c1-10(8-12-4-3-5-13(17)9-12)15(19)18-7-6-14(11(18)2)16(20)21/h3-5,9-11,14H,6-8H2,1-2H3,(H,20,21). The Bertz CT molecular complexity index is 546. The van der Waals surface area contributed by atoms with E-state index in [-0.39, 0.29) is 23.7 Å². The van der Waals surface area contributed by atoms with Crippen LogP contribution in [0, 0.1) is 17.7 Å². The van der Waals surface area contributed by atoms with E-state index in [2.05, 4.69) is 0 Å². The first-order valence-electron chi connectivity index (χ1n) is 7.18. The van der Waals surface area contributed by atoms with Gasteiger partial charge in [0.1, 0.15) is 5.82 Å². The van der Waals surface area contributed by atoms with Crippen LogP contribution in [-0.4, -0.2) is 34.5 Å². The van der Waals surface area contributed by atoms with Crippen molar-refractivity contribution in [2.24, 2.45) is 11.8 Å². The van der Waals surface area contributed by atoms with Crippen LogP contribution in [-0.2, 0) is 16.0 Å². The Morgan fingerprint density at radius 3 is 2.76 bits per heavy atom. The molecule has 114 valence electrons. The molecular weight excluding hydrogens is 273 g/mol. The molecule has 1 aliphatic heterocycles. The number of likely N-dealkylation sites (tertiary alicyclic amines) is 1. The van der Waals surface area contributed by atoms with E-state index in [1.54, 1.807) is 30.9 Å². The van der Waals surface area contributed by atoms with Crippen molar-refractivity contribution in [2.75, 3.05) is 6.54 Å². The lowest BCUT2D eigenvalue weighted by molar-refractivity contribution is -0.143. The molecule has 1 saturated heterocycles. The molecule has 1 aromatic carbocycles. The Balaban J connectivity index is 2.01. The van der Waals surface area contributed by atoms with Crippen molar-refractivity contribution in [2.45, 2.75) is 32.7 Å². The molecule has 0 spiro atoms. The van der Waals surface area contributed by atoms with Crippen molar-refractivity contribution in [3.63, 3.8) is 0 Å². The first-order chi connectivity index (χ1) is 9.90. The largest absolute Gasteiger partial charge is 0.481 e. The summed E-state index contributed by atoms with van der Waals surface area (Å²) in [4.78, 5) is 25.2. The third-order valence-corrected chi connectivity index (χ3v) is 4.21. The molecule has 0 bridgehead atoms. The number of carboxylic acid groups (broad SMARTS) is 1. The van der Waals surface area contributed by atoms with Gasteiger partial charge in [-0.2, -0.15) is 0 Å². The van der Waals surface area contributed by atoms with Gasteiger partial charge < -0.3 is 10.0 Å². The molecule has 1 heterocycles. The normalized spacial score (nSPS) is 23.1. The smallest absolute Gasteiger partial charge is 0.308 e. The maximum atomic E-state index is 13.2. The number of amides is 1. The highest BCUT2D eigenvalue weighted by atomic mass is 19.1. The van der Waals surface area contributed by atoms with E-state index in [0.717, 1.165) is 5.56 Å². The predicted molar refractivity (Wildman–Crippen MR) is 76.2 cm³/mol. The molecule has 3 atom stereocenters. The average molecular weight is 293 g/mol. The van der Waals surface area contributed by atoms with E-state index in [9.17, 15) is 14.0 Å². The molecule has 0 aliphatic carbocycles. The van der Waals surface area contributed by atoms with Crippen molar-refractivity contribution in [1.82, 2.24) is 4.90 Å². The molecule has 4 nitrogen and oxygen atoms in total. The molecule has 1 aliphatic rings. The van der Waals surface area contributed by atoms with Crippen LogP contribution < -0.4 is 0 Å². The molecule has 1 amide bonds. The zero-order valence-electron chi connectivity index (χ0n) is 12.3. The second-order valence-electron chi connectivity index (χ2n) is 5.74. The molecule has 1 N–H and O–H groups in total. The van der Waals surface area contributed by atoms with E-state index >= 15 is 0 Å². The second kappa shape index (κ2) is 6.24. The number of aliphatic carboxylic acids is 1. The first-order valence-corrected chi connectivity index (χ1v) is 7.18. The second-order valence-corrected chi connectivity index (χ2v) is 5.74. The Labute approximate surface area is 123 Å². The topological polar surface area (TPSA) is 57.6 Å². The summed E-state index contributed by atoms with van der Waals surface area (Å²) < 4.78 is 13.2. The van der Waals surface area contributed by atoms with Crippen LogP contribution in [0.15, 0.2) is 24.3 Å². The van der Waals surface area contributed by atoms with Crippen LogP contribution in [0.3, 0.4) is 0 Å². The highest BCUT2D eigenvalue weighted by molar-refractivity contribution is 5.81. The lowest BCUT2D eigenvalue weighted by Crippen LogP contribution is -2.40. The number of halogens is 1. The first kappa shape index (κ1) is 15.5. The van der Waals surface area contributed by atoms with Crippen LogP contribution in [0.25, 0.3) is 0 Å². The van der Waals surface area contributed by atoms with Gasteiger partial charge in [-0.25, -0.2) is 4.39 Å². The van der Waals surface area contributed by atoms with Gasteiger partial charge in [-0.05, 0) is 37.5 Å². The molecule has 2 rings (SSSR count). The molecule has 1 fully saturated rings. The predicted octanol–water partition coefficient (Wildman–Crippen LogP) is 2.33. The minimum Gasteiger partial charge on any atom is -0.481 e. The summed E-state index contributed by atoms with van der Waals surface area (Å²) in [6.07, 6.45) is 0.951. The fraction of sp³-hybridized carbons (Fsp3) is 0.500. The molecule has 0 saturated carbocycles. The van der Waals surface area contributed by atoms with Gasteiger partial charge in [0.2, 0.25) is 5.91 Å². The molecule has 5 heteroatoms. The number of carbonyl (C=O) groups is 2. The minimum atomic E-state index is -0.851. The van der Waals surface area contributed by atoms with Gasteiger partial charge in [-0.1, -0.05) is 19.1 Å².